The minimum absolute atomic E-state index is 0.0201. The first-order chi connectivity index (χ1) is 8.83. The maximum atomic E-state index is 6.08. The molecule has 1 aromatic heterocycles. The zero-order chi connectivity index (χ0) is 12.4. The van der Waals surface area contributed by atoms with Gasteiger partial charge in [0.1, 0.15) is 5.75 Å². The lowest BCUT2D eigenvalue weighted by molar-refractivity contribution is 0.357. The molecule has 1 aliphatic heterocycles. The second kappa shape index (κ2) is 5.04. The summed E-state index contributed by atoms with van der Waals surface area (Å²) in [6, 6.07) is 6.39. The molecule has 0 amide bonds. The zero-order valence-corrected chi connectivity index (χ0v) is 10.8. The van der Waals surface area contributed by atoms with Crippen molar-refractivity contribution in [2.75, 3.05) is 6.61 Å². The van der Waals surface area contributed by atoms with Gasteiger partial charge in [-0.15, -0.1) is 0 Å². The second-order valence-electron chi connectivity index (χ2n) is 4.52. The lowest BCUT2D eigenvalue weighted by Gasteiger charge is -2.09. The molecule has 1 atom stereocenters. The number of benzene rings is 1. The van der Waals surface area contributed by atoms with Crippen LogP contribution < -0.4 is 10.5 Å². The Balaban J connectivity index is 1.63. The third kappa shape index (κ3) is 2.37. The second-order valence-corrected chi connectivity index (χ2v) is 5.07. The van der Waals surface area contributed by atoms with Crippen molar-refractivity contribution >= 4 is 11.7 Å². The molecule has 0 saturated carbocycles. The van der Waals surface area contributed by atoms with Gasteiger partial charge in [-0.05, 0) is 30.0 Å². The Labute approximate surface area is 110 Å². The summed E-state index contributed by atoms with van der Waals surface area (Å²) in [7, 11) is 0. The van der Waals surface area contributed by atoms with Crippen LogP contribution in [0.3, 0.4) is 0 Å². The van der Waals surface area contributed by atoms with E-state index in [-0.39, 0.29) is 6.04 Å². The molecule has 0 saturated heterocycles. The first kappa shape index (κ1) is 11.6. The van der Waals surface area contributed by atoms with Crippen molar-refractivity contribution in [2.24, 2.45) is 5.73 Å². The average molecular weight is 261 g/mol. The Bertz CT molecular complexity index is 527. The van der Waals surface area contributed by atoms with E-state index in [0.717, 1.165) is 37.3 Å². The van der Waals surface area contributed by atoms with E-state index in [9.17, 15) is 0 Å². The molecule has 2 N–H and O–H groups in total. The minimum Gasteiger partial charge on any atom is -0.493 e. The third-order valence-corrected chi connectivity index (χ3v) is 3.75. The summed E-state index contributed by atoms with van der Waals surface area (Å²) in [5.41, 5.74) is 9.61. The summed E-state index contributed by atoms with van der Waals surface area (Å²) in [6.45, 7) is 0.808. The van der Waals surface area contributed by atoms with Gasteiger partial charge in [0.25, 0.3) is 0 Å². The monoisotopic (exact) mass is 261 g/mol. The molecular formula is C13H15N3OS. The van der Waals surface area contributed by atoms with E-state index in [1.165, 1.54) is 22.9 Å². The van der Waals surface area contributed by atoms with Crippen LogP contribution in [0.25, 0.3) is 0 Å². The molecule has 0 aliphatic carbocycles. The highest BCUT2D eigenvalue weighted by molar-refractivity contribution is 6.99. The number of fused-ring (bicyclic) bond motifs is 1. The number of ether oxygens (including phenoxy) is 1. The Morgan fingerprint density at radius 2 is 2.39 bits per heavy atom. The van der Waals surface area contributed by atoms with Crippen LogP contribution in [0.5, 0.6) is 5.75 Å². The van der Waals surface area contributed by atoms with Crippen molar-refractivity contribution in [3.05, 3.63) is 41.2 Å². The molecule has 0 spiro atoms. The summed E-state index contributed by atoms with van der Waals surface area (Å²) in [5, 5.41) is 0. The number of nitrogens with zero attached hydrogens (tertiary/aromatic N) is 2. The number of nitrogens with two attached hydrogens (primary N) is 1. The van der Waals surface area contributed by atoms with Gasteiger partial charge < -0.3 is 10.5 Å². The summed E-state index contributed by atoms with van der Waals surface area (Å²) in [5.74, 6) is 1.03. The normalized spacial score (nSPS) is 15.2. The van der Waals surface area contributed by atoms with E-state index in [4.69, 9.17) is 10.5 Å². The standard InChI is InChI=1S/C13H15N3OS/c14-11(12-8-15-18-16-12)3-1-9-2-4-13-10(7-9)5-6-17-13/h2,4,7-8,11H,1,3,5-6,14H2. The first-order valence-electron chi connectivity index (χ1n) is 6.10. The molecule has 0 bridgehead atoms. The van der Waals surface area contributed by atoms with E-state index in [2.05, 4.69) is 26.9 Å². The van der Waals surface area contributed by atoms with Crippen LogP contribution in [-0.2, 0) is 12.8 Å². The van der Waals surface area contributed by atoms with E-state index in [0.29, 0.717) is 0 Å². The molecule has 5 heteroatoms. The highest BCUT2D eigenvalue weighted by Crippen LogP contribution is 2.27. The van der Waals surface area contributed by atoms with Gasteiger partial charge in [0, 0.05) is 6.42 Å². The molecule has 94 valence electrons. The fraction of sp³-hybridized carbons (Fsp3) is 0.385. The van der Waals surface area contributed by atoms with Crippen LogP contribution in [0.2, 0.25) is 0 Å². The van der Waals surface area contributed by atoms with Crippen LogP contribution >= 0.6 is 11.7 Å². The fourth-order valence-corrected chi connectivity index (χ4v) is 2.68. The van der Waals surface area contributed by atoms with Crippen LogP contribution in [0.1, 0.15) is 29.3 Å². The summed E-state index contributed by atoms with van der Waals surface area (Å²) >= 11 is 1.21. The smallest absolute Gasteiger partial charge is 0.122 e. The van der Waals surface area contributed by atoms with Gasteiger partial charge in [0.2, 0.25) is 0 Å². The van der Waals surface area contributed by atoms with Crippen molar-refractivity contribution in [3.8, 4) is 5.75 Å². The SMILES string of the molecule is NC(CCc1ccc2c(c1)CCO2)c1cnsn1. The maximum absolute atomic E-state index is 6.08. The topological polar surface area (TPSA) is 61.0 Å². The molecule has 3 rings (SSSR count). The molecule has 0 radical (unpaired) electrons. The van der Waals surface area contributed by atoms with Crippen LogP contribution in [0.15, 0.2) is 24.4 Å². The molecule has 1 aliphatic rings. The van der Waals surface area contributed by atoms with Gasteiger partial charge >= 0.3 is 0 Å². The van der Waals surface area contributed by atoms with Crippen molar-refractivity contribution in [1.82, 2.24) is 8.75 Å². The van der Waals surface area contributed by atoms with Gasteiger partial charge in [-0.2, -0.15) is 8.75 Å². The molecule has 1 unspecified atom stereocenters. The van der Waals surface area contributed by atoms with Gasteiger partial charge in [-0.25, -0.2) is 0 Å². The van der Waals surface area contributed by atoms with Crippen molar-refractivity contribution in [2.45, 2.75) is 25.3 Å². The van der Waals surface area contributed by atoms with Gasteiger partial charge in [-0.3, -0.25) is 0 Å². The summed E-state index contributed by atoms with van der Waals surface area (Å²) in [6.07, 6.45) is 4.63. The van der Waals surface area contributed by atoms with Gasteiger partial charge in [0.05, 0.1) is 36.3 Å². The molecule has 2 aromatic rings. The van der Waals surface area contributed by atoms with Crippen LogP contribution in [-0.4, -0.2) is 15.4 Å². The van der Waals surface area contributed by atoms with Gasteiger partial charge in [0.15, 0.2) is 0 Å². The minimum atomic E-state index is -0.0201. The molecule has 18 heavy (non-hydrogen) atoms. The number of rotatable bonds is 4. The molecule has 2 heterocycles. The predicted molar refractivity (Wildman–Crippen MR) is 70.8 cm³/mol. The number of hydrogen-bond donors (Lipinski definition) is 1. The Hall–Kier alpha value is -1.46. The maximum Gasteiger partial charge on any atom is 0.122 e. The predicted octanol–water partition coefficient (Wildman–Crippen LogP) is 2.11. The third-order valence-electron chi connectivity index (χ3n) is 3.26. The largest absolute Gasteiger partial charge is 0.493 e. The van der Waals surface area contributed by atoms with E-state index >= 15 is 0 Å². The molecule has 4 nitrogen and oxygen atoms in total. The number of aryl methyl sites for hydroxylation is 1. The fourth-order valence-electron chi connectivity index (χ4n) is 2.20. The lowest BCUT2D eigenvalue weighted by Crippen LogP contribution is -2.11. The van der Waals surface area contributed by atoms with Crippen molar-refractivity contribution in [3.63, 3.8) is 0 Å². The van der Waals surface area contributed by atoms with Crippen molar-refractivity contribution in [1.29, 1.82) is 0 Å². The zero-order valence-electron chi connectivity index (χ0n) is 10.0. The Morgan fingerprint density at radius 3 is 3.22 bits per heavy atom. The van der Waals surface area contributed by atoms with Crippen LogP contribution in [0.4, 0.5) is 0 Å². The van der Waals surface area contributed by atoms with Crippen molar-refractivity contribution < 1.29 is 4.74 Å². The van der Waals surface area contributed by atoms with E-state index < -0.39 is 0 Å². The first-order valence-corrected chi connectivity index (χ1v) is 6.83. The van der Waals surface area contributed by atoms with Crippen LogP contribution in [0, 0.1) is 0 Å². The average Bonchev–Trinajstić information content (AvgIpc) is 3.05. The van der Waals surface area contributed by atoms with Gasteiger partial charge in [-0.1, -0.05) is 12.1 Å². The molecule has 0 fully saturated rings. The van der Waals surface area contributed by atoms with E-state index in [1.807, 2.05) is 0 Å². The quantitative estimate of drug-likeness (QED) is 0.915. The highest BCUT2D eigenvalue weighted by atomic mass is 32.1. The highest BCUT2D eigenvalue weighted by Gasteiger charge is 2.13. The lowest BCUT2D eigenvalue weighted by atomic mass is 10.0. The summed E-state index contributed by atoms with van der Waals surface area (Å²) in [4.78, 5) is 0. The van der Waals surface area contributed by atoms with E-state index in [1.54, 1.807) is 6.20 Å². The molecular weight excluding hydrogens is 246 g/mol. The number of aromatic nitrogens is 2. The Morgan fingerprint density at radius 1 is 1.44 bits per heavy atom. The summed E-state index contributed by atoms with van der Waals surface area (Å²) < 4.78 is 13.6. The molecule has 1 aromatic carbocycles. The number of hydrogen-bond acceptors (Lipinski definition) is 5. The Kier molecular flexibility index (Phi) is 3.25.